The molecular weight excluding hydrogens is 995 g/mol. The average Bonchev–Trinajstić information content (AvgIpc) is 3.43. The fourth-order valence-electron chi connectivity index (χ4n) is 10.8. The molecule has 0 bridgehead atoms. The number of nitrogens with zero attached hydrogens (tertiary/aromatic N) is 1. The second-order valence-electron chi connectivity index (χ2n) is 25.5. The Morgan fingerprint density at radius 2 is 0.637 bits per heavy atom. The third kappa shape index (κ3) is 63.6. The Morgan fingerprint density at radius 1 is 0.362 bits per heavy atom. The first kappa shape index (κ1) is 78.0. The van der Waals surface area contributed by atoms with Crippen LogP contribution in [0.2, 0.25) is 0 Å². The summed E-state index contributed by atoms with van der Waals surface area (Å²) in [4.78, 5) is 37.5. The summed E-state index contributed by atoms with van der Waals surface area (Å²) >= 11 is 0. The number of allylic oxidation sites excluding steroid dienone is 2. The van der Waals surface area contributed by atoms with Crippen LogP contribution in [0.5, 0.6) is 0 Å². The molecule has 9 heteroatoms. The van der Waals surface area contributed by atoms with Crippen LogP contribution in [0, 0.1) is 0 Å². The van der Waals surface area contributed by atoms with E-state index in [2.05, 4.69) is 26.0 Å². The molecular formula is C71H137NO8. The topological polar surface area (TPSA) is 111 Å². The molecule has 0 amide bonds. The van der Waals surface area contributed by atoms with E-state index in [0.717, 1.165) is 38.5 Å². The van der Waals surface area contributed by atoms with Gasteiger partial charge >= 0.3 is 11.9 Å². The van der Waals surface area contributed by atoms with Crippen molar-refractivity contribution in [3.8, 4) is 0 Å². The van der Waals surface area contributed by atoms with E-state index < -0.39 is 24.3 Å². The molecule has 0 aliphatic heterocycles. The molecule has 0 N–H and O–H groups in total. The van der Waals surface area contributed by atoms with Gasteiger partial charge in [-0.05, 0) is 38.5 Å². The fraction of sp³-hybridized carbons (Fsp3) is 0.930. The second kappa shape index (κ2) is 63.1. The first-order valence-corrected chi connectivity index (χ1v) is 35.3. The van der Waals surface area contributed by atoms with Crippen molar-refractivity contribution in [2.45, 2.75) is 379 Å². The number of aliphatic carboxylic acids is 1. The molecule has 9 nitrogen and oxygen atoms in total. The third-order valence-corrected chi connectivity index (χ3v) is 16.3. The molecule has 0 aromatic rings. The Bertz CT molecular complexity index is 1320. The highest BCUT2D eigenvalue weighted by Gasteiger charge is 2.22. The van der Waals surface area contributed by atoms with Crippen molar-refractivity contribution >= 4 is 17.9 Å². The molecule has 0 aliphatic rings. The predicted molar refractivity (Wildman–Crippen MR) is 339 cm³/mol. The lowest BCUT2D eigenvalue weighted by Gasteiger charge is -2.26. The van der Waals surface area contributed by atoms with Gasteiger partial charge < -0.3 is 33.3 Å². The number of carboxylic acids is 1. The zero-order valence-corrected chi connectivity index (χ0v) is 54.2. The van der Waals surface area contributed by atoms with Crippen molar-refractivity contribution in [2.75, 3.05) is 47.5 Å². The molecule has 0 heterocycles. The summed E-state index contributed by atoms with van der Waals surface area (Å²) in [5.74, 6) is -2.25. The van der Waals surface area contributed by atoms with Gasteiger partial charge in [0.15, 0.2) is 12.4 Å². The van der Waals surface area contributed by atoms with Crippen LogP contribution in [0.4, 0.5) is 0 Å². The molecule has 0 fully saturated rings. The number of esters is 2. The van der Waals surface area contributed by atoms with E-state index in [9.17, 15) is 19.5 Å². The van der Waals surface area contributed by atoms with E-state index in [0.29, 0.717) is 17.4 Å². The second-order valence-corrected chi connectivity index (χ2v) is 25.5. The molecule has 2 atom stereocenters. The van der Waals surface area contributed by atoms with Gasteiger partial charge in [-0.1, -0.05) is 328 Å². The summed E-state index contributed by atoms with van der Waals surface area (Å²) in [5, 5.41) is 11.8. The average molecular weight is 1130 g/mol. The van der Waals surface area contributed by atoms with Crippen LogP contribution in [-0.2, 0) is 33.3 Å². The highest BCUT2D eigenvalue weighted by atomic mass is 16.7. The van der Waals surface area contributed by atoms with E-state index in [1.165, 1.54) is 302 Å². The van der Waals surface area contributed by atoms with E-state index in [-0.39, 0.29) is 32.2 Å². The number of rotatable bonds is 67. The summed E-state index contributed by atoms with van der Waals surface area (Å²) in [6.07, 6.45) is 73.0. The fourth-order valence-corrected chi connectivity index (χ4v) is 10.8. The molecule has 2 unspecified atom stereocenters. The van der Waals surface area contributed by atoms with E-state index in [4.69, 9.17) is 18.9 Å². The van der Waals surface area contributed by atoms with Crippen LogP contribution >= 0.6 is 0 Å². The summed E-state index contributed by atoms with van der Waals surface area (Å²) in [5.41, 5.74) is 0. The molecule has 0 spiro atoms. The maximum absolute atomic E-state index is 12.9. The normalized spacial score (nSPS) is 12.7. The van der Waals surface area contributed by atoms with Gasteiger partial charge in [-0.15, -0.1) is 0 Å². The van der Waals surface area contributed by atoms with Gasteiger partial charge in [-0.2, -0.15) is 0 Å². The lowest BCUT2D eigenvalue weighted by molar-refractivity contribution is -0.870. The zero-order chi connectivity index (χ0) is 58.3. The van der Waals surface area contributed by atoms with Crippen molar-refractivity contribution in [3.05, 3.63) is 12.2 Å². The van der Waals surface area contributed by atoms with Gasteiger partial charge in [0, 0.05) is 12.8 Å². The minimum Gasteiger partial charge on any atom is -0.545 e. The smallest absolute Gasteiger partial charge is 0.306 e. The Kier molecular flexibility index (Phi) is 61.5. The lowest BCUT2D eigenvalue weighted by Crippen LogP contribution is -2.44. The third-order valence-electron chi connectivity index (χ3n) is 16.3. The van der Waals surface area contributed by atoms with Crippen molar-refractivity contribution in [3.63, 3.8) is 0 Å². The number of carbonyl (C=O) groups excluding carboxylic acids is 3. The molecule has 0 aliphatic carbocycles. The highest BCUT2D eigenvalue weighted by molar-refractivity contribution is 5.70. The lowest BCUT2D eigenvalue weighted by atomic mass is 10.0. The van der Waals surface area contributed by atoms with Gasteiger partial charge in [0.05, 0.1) is 40.3 Å². The van der Waals surface area contributed by atoms with Gasteiger partial charge in [0.2, 0.25) is 0 Å². The zero-order valence-electron chi connectivity index (χ0n) is 54.2. The van der Waals surface area contributed by atoms with Gasteiger partial charge in [0.25, 0.3) is 0 Å². The molecule has 0 saturated heterocycles. The Morgan fingerprint density at radius 3 is 0.925 bits per heavy atom. The quantitative estimate of drug-likeness (QED) is 0.0195. The van der Waals surface area contributed by atoms with Crippen molar-refractivity contribution in [1.82, 2.24) is 0 Å². The summed E-state index contributed by atoms with van der Waals surface area (Å²) in [7, 11) is 5.95. The van der Waals surface area contributed by atoms with Gasteiger partial charge in [0.1, 0.15) is 13.2 Å². The number of carboxylic acid groups (broad SMARTS) is 1. The molecule has 0 radical (unpaired) electrons. The monoisotopic (exact) mass is 1130 g/mol. The Balaban J connectivity index is 4.05. The molecule has 0 rings (SSSR count). The van der Waals surface area contributed by atoms with Crippen LogP contribution in [0.15, 0.2) is 12.2 Å². The van der Waals surface area contributed by atoms with Gasteiger partial charge in [-0.3, -0.25) is 9.59 Å². The molecule has 0 aromatic heterocycles. The molecule has 474 valence electrons. The number of quaternary nitrogens is 1. The van der Waals surface area contributed by atoms with Crippen LogP contribution in [0.1, 0.15) is 367 Å². The number of hydrogen-bond donors (Lipinski definition) is 0. The van der Waals surface area contributed by atoms with Crippen LogP contribution in [0.3, 0.4) is 0 Å². The van der Waals surface area contributed by atoms with Crippen molar-refractivity contribution in [2.24, 2.45) is 0 Å². The number of hydrogen-bond acceptors (Lipinski definition) is 8. The van der Waals surface area contributed by atoms with E-state index in [1.807, 2.05) is 21.1 Å². The summed E-state index contributed by atoms with van der Waals surface area (Å²) in [6, 6.07) is 0. The maximum Gasteiger partial charge on any atom is 0.306 e. The molecule has 0 saturated carbocycles. The van der Waals surface area contributed by atoms with Crippen molar-refractivity contribution < 1.29 is 42.9 Å². The van der Waals surface area contributed by atoms with Crippen LogP contribution < -0.4 is 5.11 Å². The number of likely N-dealkylation sites (N-methyl/N-ethyl adjacent to an activating group) is 1. The summed E-state index contributed by atoms with van der Waals surface area (Å²) in [6.45, 7) is 4.83. The number of unbranched alkanes of at least 4 members (excludes halogenated alkanes) is 50. The maximum atomic E-state index is 12.9. The highest BCUT2D eigenvalue weighted by Crippen LogP contribution is 2.19. The standard InChI is InChI=1S/C71H137NO8/c1-6-8-10-12-14-16-18-20-22-24-26-28-30-32-34-36-37-39-41-43-45-47-49-51-53-55-57-59-61-68(73)78-65-67(66-79-71(70(75)76)77-64-63-72(3,4)5)80-69(74)62-60-58-56-54-52-50-48-46-44-42-40-38-35-33-31-29-27-25-23-21-19-17-15-13-11-9-7-2/h25,27,67,71H,6-24,26,28-66H2,1-5H3/b27-25-. The largest absolute Gasteiger partial charge is 0.545 e. The van der Waals surface area contributed by atoms with Crippen LogP contribution in [0.25, 0.3) is 0 Å². The summed E-state index contributed by atoms with van der Waals surface area (Å²) < 4.78 is 22.8. The number of carbonyl (C=O) groups is 3. The number of ether oxygens (including phenoxy) is 4. The Hall–Kier alpha value is -1.97. The van der Waals surface area contributed by atoms with E-state index >= 15 is 0 Å². The first-order chi connectivity index (χ1) is 39.1. The minimum absolute atomic E-state index is 0.152. The van der Waals surface area contributed by atoms with Crippen LogP contribution in [-0.4, -0.2) is 82.3 Å². The van der Waals surface area contributed by atoms with Gasteiger partial charge in [-0.25, -0.2) is 0 Å². The molecule has 80 heavy (non-hydrogen) atoms. The molecule has 0 aromatic carbocycles. The SMILES string of the molecule is CCCCCCCCCC/C=C\CCCCCCCCCCCCCCCCCC(=O)OC(COC(=O)CCCCCCCCCCCCCCCCCCCCCCCCCCCCCC)COC(OCC[N+](C)(C)C)C(=O)[O-]. The van der Waals surface area contributed by atoms with Crippen molar-refractivity contribution in [1.29, 1.82) is 0 Å². The predicted octanol–water partition coefficient (Wildman–Crippen LogP) is 20.3. The first-order valence-electron chi connectivity index (χ1n) is 35.3. The Labute approximate surface area is 497 Å². The van der Waals surface area contributed by atoms with E-state index in [1.54, 1.807) is 0 Å². The minimum atomic E-state index is -1.62.